The second-order valence-electron chi connectivity index (χ2n) is 7.02. The molecule has 0 aliphatic carbocycles. The molecule has 0 saturated carbocycles. The third-order valence-corrected chi connectivity index (χ3v) is 5.29. The summed E-state index contributed by atoms with van der Waals surface area (Å²) in [7, 11) is -4.36. The molecule has 4 rings (SSSR count). The monoisotopic (exact) mass is 464 g/mol. The maximum atomic E-state index is 13.4. The molecular weight excluding hydrogens is 447 g/mol. The van der Waals surface area contributed by atoms with Gasteiger partial charge in [0, 0.05) is 5.56 Å². The van der Waals surface area contributed by atoms with Crippen molar-refractivity contribution in [1.82, 2.24) is 14.9 Å². The zero-order valence-electron chi connectivity index (χ0n) is 17.0. The van der Waals surface area contributed by atoms with Crippen LogP contribution in [0.15, 0.2) is 79.4 Å². The van der Waals surface area contributed by atoms with Crippen LogP contribution in [0.4, 0.5) is 15.8 Å². The quantitative estimate of drug-likeness (QED) is 0.400. The lowest BCUT2D eigenvalue weighted by Gasteiger charge is -2.26. The smallest absolute Gasteiger partial charge is 0.274 e. The standard InChI is InChI=1S/C22H17FN6O3S/c23-19-6-3-17(4-7-19)22-11-21(10-5-18(22)12-24)29(28-14-25-26-15-28)13-16-1-8-20(9-2-16)27-33(30,31)32/h1-11,14-15,27H,13H2,(H,30,31,32). The molecule has 11 heteroatoms. The molecule has 166 valence electrons. The van der Waals surface area contributed by atoms with Gasteiger partial charge in [-0.3, -0.25) is 14.3 Å². The van der Waals surface area contributed by atoms with Gasteiger partial charge in [0.1, 0.15) is 18.5 Å². The number of rotatable bonds is 7. The molecule has 0 saturated heterocycles. The van der Waals surface area contributed by atoms with Crippen LogP contribution in [-0.2, 0) is 16.8 Å². The predicted molar refractivity (Wildman–Crippen MR) is 120 cm³/mol. The summed E-state index contributed by atoms with van der Waals surface area (Å²) < 4.78 is 48.0. The Morgan fingerprint density at radius 2 is 1.70 bits per heavy atom. The minimum atomic E-state index is -4.36. The van der Waals surface area contributed by atoms with Crippen molar-refractivity contribution in [3.8, 4) is 17.2 Å². The fourth-order valence-corrected chi connectivity index (χ4v) is 3.72. The lowest BCUT2D eigenvalue weighted by atomic mass is 9.99. The minimum absolute atomic E-state index is 0.217. The second kappa shape index (κ2) is 9.07. The Morgan fingerprint density at radius 3 is 2.30 bits per heavy atom. The van der Waals surface area contributed by atoms with Gasteiger partial charge in [0.05, 0.1) is 29.6 Å². The largest absolute Gasteiger partial charge is 0.357 e. The van der Waals surface area contributed by atoms with E-state index in [1.54, 1.807) is 41.1 Å². The van der Waals surface area contributed by atoms with E-state index in [4.69, 9.17) is 4.55 Å². The molecule has 1 aromatic heterocycles. The lowest BCUT2D eigenvalue weighted by Crippen LogP contribution is -2.28. The normalized spacial score (nSPS) is 11.1. The third-order valence-electron chi connectivity index (χ3n) is 4.80. The molecule has 0 unspecified atom stereocenters. The van der Waals surface area contributed by atoms with Crippen LogP contribution in [0.2, 0.25) is 0 Å². The number of nitrogens with zero attached hydrogens (tertiary/aromatic N) is 5. The van der Waals surface area contributed by atoms with Crippen LogP contribution in [0.3, 0.4) is 0 Å². The van der Waals surface area contributed by atoms with Crippen molar-refractivity contribution in [2.75, 3.05) is 9.73 Å². The zero-order chi connectivity index (χ0) is 23.4. The SMILES string of the molecule is N#Cc1ccc(N(Cc2ccc(NS(=O)(=O)O)cc2)n2cnnc2)cc1-c1ccc(F)cc1. The van der Waals surface area contributed by atoms with Crippen LogP contribution < -0.4 is 9.73 Å². The van der Waals surface area contributed by atoms with Gasteiger partial charge in [0.25, 0.3) is 0 Å². The Balaban J connectivity index is 1.70. The average Bonchev–Trinajstić information content (AvgIpc) is 3.32. The Labute approximate surface area is 189 Å². The molecule has 9 nitrogen and oxygen atoms in total. The van der Waals surface area contributed by atoms with Gasteiger partial charge in [-0.15, -0.1) is 10.2 Å². The average molecular weight is 464 g/mol. The molecule has 0 bridgehead atoms. The first-order chi connectivity index (χ1) is 15.8. The molecular formula is C22H17FN6O3S. The molecule has 0 atom stereocenters. The van der Waals surface area contributed by atoms with Crippen LogP contribution in [0, 0.1) is 17.1 Å². The van der Waals surface area contributed by atoms with Crippen LogP contribution >= 0.6 is 0 Å². The first-order valence-corrected chi connectivity index (χ1v) is 11.0. The number of halogens is 1. The molecule has 0 aliphatic rings. The van der Waals surface area contributed by atoms with Crippen molar-refractivity contribution in [2.45, 2.75) is 6.54 Å². The van der Waals surface area contributed by atoms with Gasteiger partial charge in [-0.05, 0) is 53.6 Å². The first kappa shape index (κ1) is 21.9. The molecule has 2 N–H and O–H groups in total. The number of hydrogen-bond donors (Lipinski definition) is 2. The molecule has 0 radical (unpaired) electrons. The number of benzene rings is 3. The van der Waals surface area contributed by atoms with Gasteiger partial charge in [0.15, 0.2) is 0 Å². The summed E-state index contributed by atoms with van der Waals surface area (Å²) in [6, 6.07) is 19.8. The van der Waals surface area contributed by atoms with E-state index < -0.39 is 10.3 Å². The van der Waals surface area contributed by atoms with Gasteiger partial charge in [-0.2, -0.15) is 13.7 Å². The number of nitriles is 1. The van der Waals surface area contributed by atoms with E-state index in [9.17, 15) is 18.1 Å². The van der Waals surface area contributed by atoms with E-state index in [0.717, 1.165) is 5.56 Å². The third kappa shape index (κ3) is 5.32. The van der Waals surface area contributed by atoms with Crippen LogP contribution in [0.5, 0.6) is 0 Å². The number of hydrogen-bond acceptors (Lipinski definition) is 6. The van der Waals surface area contributed by atoms with Crippen LogP contribution in [0.1, 0.15) is 11.1 Å². The fourth-order valence-electron chi connectivity index (χ4n) is 3.28. The van der Waals surface area contributed by atoms with E-state index in [-0.39, 0.29) is 11.5 Å². The van der Waals surface area contributed by atoms with Crippen molar-refractivity contribution in [3.05, 3.63) is 96.3 Å². The molecule has 4 aromatic rings. The van der Waals surface area contributed by atoms with E-state index in [2.05, 4.69) is 16.3 Å². The topological polar surface area (TPSA) is 124 Å². The predicted octanol–water partition coefficient (Wildman–Crippen LogP) is 3.64. The van der Waals surface area contributed by atoms with Crippen LogP contribution in [0.25, 0.3) is 11.1 Å². The first-order valence-electron chi connectivity index (χ1n) is 9.59. The molecule has 33 heavy (non-hydrogen) atoms. The fraction of sp³-hybridized carbons (Fsp3) is 0.0455. The summed E-state index contributed by atoms with van der Waals surface area (Å²) in [4.78, 5) is 0. The van der Waals surface area contributed by atoms with Gasteiger partial charge >= 0.3 is 10.3 Å². The molecule has 0 fully saturated rings. The molecule has 0 aliphatic heterocycles. The number of nitrogens with one attached hydrogen (secondary N) is 1. The molecule has 3 aromatic carbocycles. The number of anilines is 2. The van der Waals surface area contributed by atoms with Gasteiger partial charge < -0.3 is 0 Å². The maximum Gasteiger partial charge on any atom is 0.357 e. The Kier molecular flexibility index (Phi) is 6.03. The lowest BCUT2D eigenvalue weighted by molar-refractivity contribution is 0.489. The summed E-state index contributed by atoms with van der Waals surface area (Å²) in [5.74, 6) is -0.369. The highest BCUT2D eigenvalue weighted by molar-refractivity contribution is 7.87. The maximum absolute atomic E-state index is 13.4. The molecule has 0 amide bonds. The highest BCUT2D eigenvalue weighted by Crippen LogP contribution is 2.30. The Morgan fingerprint density at radius 1 is 1.03 bits per heavy atom. The molecule has 0 spiro atoms. The Bertz CT molecular complexity index is 1400. The summed E-state index contributed by atoms with van der Waals surface area (Å²) in [5.41, 5.74) is 3.52. The van der Waals surface area contributed by atoms with Gasteiger partial charge in [-0.25, -0.2) is 9.07 Å². The van der Waals surface area contributed by atoms with Crippen LogP contribution in [-0.4, -0.2) is 27.8 Å². The number of aromatic nitrogens is 3. The second-order valence-corrected chi connectivity index (χ2v) is 8.18. The van der Waals surface area contributed by atoms with Crippen molar-refractivity contribution in [2.24, 2.45) is 0 Å². The van der Waals surface area contributed by atoms with E-state index in [1.807, 2.05) is 15.8 Å². The highest BCUT2D eigenvalue weighted by Gasteiger charge is 2.14. The summed E-state index contributed by atoms with van der Waals surface area (Å²) in [6.45, 7) is 0.346. The van der Waals surface area contributed by atoms with Crippen molar-refractivity contribution in [3.63, 3.8) is 0 Å². The Hall–Kier alpha value is -4.27. The zero-order valence-corrected chi connectivity index (χ0v) is 17.8. The van der Waals surface area contributed by atoms with Gasteiger partial charge in [0.2, 0.25) is 0 Å². The highest BCUT2D eigenvalue weighted by atomic mass is 32.2. The van der Waals surface area contributed by atoms with E-state index >= 15 is 0 Å². The summed E-state index contributed by atoms with van der Waals surface area (Å²) in [6.07, 6.45) is 3.04. The van der Waals surface area contributed by atoms with Crippen molar-refractivity contribution in [1.29, 1.82) is 5.26 Å². The minimum Gasteiger partial charge on any atom is -0.274 e. The van der Waals surface area contributed by atoms with Crippen molar-refractivity contribution < 1.29 is 17.4 Å². The van der Waals surface area contributed by atoms with E-state index in [1.165, 1.54) is 36.9 Å². The summed E-state index contributed by atoms with van der Waals surface area (Å²) in [5, 5.41) is 19.1. The van der Waals surface area contributed by atoms with Gasteiger partial charge in [-0.1, -0.05) is 24.3 Å². The molecule has 1 heterocycles. The van der Waals surface area contributed by atoms with Crippen molar-refractivity contribution >= 4 is 21.7 Å². The van der Waals surface area contributed by atoms with E-state index in [0.29, 0.717) is 28.9 Å². The summed E-state index contributed by atoms with van der Waals surface area (Å²) >= 11 is 0.